The zero-order chi connectivity index (χ0) is 40.4. The topological polar surface area (TPSA) is 179 Å². The van der Waals surface area contributed by atoms with E-state index in [0.717, 1.165) is 17.7 Å². The van der Waals surface area contributed by atoms with Crippen molar-refractivity contribution in [3.8, 4) is 0 Å². The van der Waals surface area contributed by atoms with E-state index in [2.05, 4.69) is 16.1 Å². The van der Waals surface area contributed by atoms with Crippen molar-refractivity contribution in [1.82, 2.24) is 21.1 Å². The molecular formula is C36H51Cl3FIN4O9. The van der Waals surface area contributed by atoms with Gasteiger partial charge in [-0.3, -0.25) is 24.7 Å². The lowest BCUT2D eigenvalue weighted by Gasteiger charge is -2.37. The summed E-state index contributed by atoms with van der Waals surface area (Å²) in [4.78, 5) is 39.9. The monoisotopic (exact) mass is 934 g/mol. The number of aliphatic hydroxyl groups is 3. The molecule has 0 radical (unpaired) electrons. The van der Waals surface area contributed by atoms with Crippen LogP contribution >= 0.6 is 55.5 Å². The zero-order valence-electron chi connectivity index (χ0n) is 31.0. The lowest BCUT2D eigenvalue weighted by Crippen LogP contribution is -2.64. The number of nitrogens with one attached hydrogen (secondary N) is 3. The summed E-state index contributed by atoms with van der Waals surface area (Å²) in [7, 11) is 0. The molecule has 0 spiro atoms. The largest absolute Gasteiger partial charge is 0.460 e. The maximum atomic E-state index is 13.7. The van der Waals surface area contributed by atoms with Crippen LogP contribution < -0.4 is 16.1 Å². The van der Waals surface area contributed by atoms with E-state index in [1.54, 1.807) is 58.9 Å². The average molecular weight is 936 g/mol. The van der Waals surface area contributed by atoms with Gasteiger partial charge in [0, 0.05) is 13.6 Å². The molecule has 1 fully saturated rings. The minimum atomic E-state index is -1.81. The molecule has 2 aliphatic heterocycles. The Morgan fingerprint density at radius 3 is 2.48 bits per heavy atom. The molecule has 3 rings (SSSR count). The van der Waals surface area contributed by atoms with Crippen LogP contribution in [0.4, 0.5) is 4.39 Å². The minimum Gasteiger partial charge on any atom is -0.460 e. The number of hydrogen-bond acceptors (Lipinski definition) is 11. The summed E-state index contributed by atoms with van der Waals surface area (Å²) in [5.41, 5.74) is 3.30. The Bertz CT molecular complexity index is 1530. The van der Waals surface area contributed by atoms with E-state index in [0.29, 0.717) is 18.4 Å². The first-order chi connectivity index (χ1) is 25.2. The molecule has 1 saturated heterocycles. The second-order valence-electron chi connectivity index (χ2n) is 13.9. The molecule has 54 heavy (non-hydrogen) atoms. The van der Waals surface area contributed by atoms with Crippen LogP contribution in [0, 0.1) is 11.3 Å². The molecule has 0 aromatic rings. The molecule has 0 aromatic carbocycles. The van der Waals surface area contributed by atoms with Crippen LogP contribution in [0.5, 0.6) is 0 Å². The highest BCUT2D eigenvalue weighted by molar-refractivity contribution is 14.2. The van der Waals surface area contributed by atoms with Gasteiger partial charge in [0.15, 0.2) is 13.2 Å². The molecule has 304 valence electrons. The van der Waals surface area contributed by atoms with Crippen LogP contribution in [0.3, 0.4) is 0 Å². The van der Waals surface area contributed by atoms with Crippen LogP contribution in [0.25, 0.3) is 0 Å². The molecule has 2 heterocycles. The van der Waals surface area contributed by atoms with E-state index >= 15 is 0 Å². The highest BCUT2D eigenvalue weighted by atomic mass is 127. The van der Waals surface area contributed by atoms with Gasteiger partial charge < -0.3 is 34.8 Å². The number of carbonyl (C=O) groups is 3. The maximum absolute atomic E-state index is 13.7. The van der Waals surface area contributed by atoms with Gasteiger partial charge in [-0.25, -0.2) is 9.82 Å². The maximum Gasteiger partial charge on any atom is 0.325 e. The van der Waals surface area contributed by atoms with Gasteiger partial charge in [0.1, 0.15) is 24.9 Å². The molecule has 1 aliphatic carbocycles. The summed E-state index contributed by atoms with van der Waals surface area (Å²) in [6.07, 6.45) is 10.0. The van der Waals surface area contributed by atoms with Gasteiger partial charge in [0.05, 0.1) is 30.3 Å². The van der Waals surface area contributed by atoms with Crippen molar-refractivity contribution >= 4 is 76.8 Å². The molecule has 13 nitrogen and oxygen atoms in total. The number of allylic oxidation sites excluding steroid dienone is 6. The SMILES string of the molecule is CC(O)OC(C)C1=IC2=CC(/C=C/C(C)(C)C(=O)NC(C(C)C)C(O)NC(COCF)C(=O)N3CCC[C@@H](C(=O)OCC(Cl)(Cl)Cl)N3)=C[C@@H](O)C=C2C=C1. The number of fused-ring (bicyclic) bond motifs is 1. The third-order valence-electron chi connectivity index (χ3n) is 8.49. The van der Waals surface area contributed by atoms with Crippen LogP contribution in [0.2, 0.25) is 0 Å². The number of rotatable bonds is 17. The summed E-state index contributed by atoms with van der Waals surface area (Å²) in [5.74, 6) is -2.14. The Morgan fingerprint density at radius 2 is 1.85 bits per heavy atom. The first kappa shape index (κ1) is 46.6. The number of aliphatic hydroxyl groups excluding tert-OH is 3. The average Bonchev–Trinajstić information content (AvgIpc) is 3.26. The standard InChI is InChI=1S/C36H51Cl3FIN4O9/c1-20(2)30(31(48)42-29(17-52-19-40)32(49)45-13-7-8-28(44-45)33(50)53-18-36(37,38)39)43-34(51)35(5,6)12-11-23-14-25(47)16-24-9-10-26(41-27(24)15-23)21(3)54-22(4)46/h9-12,14-16,20-22,25,28-31,42,44,46-48H,7-8,13,17-19H2,1-6H3,(H,43,51)/b12-11+/t21?,22?,25-,28+,29?,30?,31?/m1/s1. The van der Waals surface area contributed by atoms with Gasteiger partial charge in [-0.15, -0.1) is 0 Å². The second kappa shape index (κ2) is 21.1. The zero-order valence-corrected chi connectivity index (χ0v) is 35.5. The number of ether oxygens (including phenoxy) is 3. The molecule has 0 bridgehead atoms. The quantitative estimate of drug-likeness (QED) is 0.0540. The molecule has 3 aliphatic rings. The molecule has 0 aromatic heterocycles. The second-order valence-corrected chi connectivity index (χ2v) is 19.4. The summed E-state index contributed by atoms with van der Waals surface area (Å²) >= 11 is 16.4. The number of nitrogens with zero attached hydrogens (tertiary/aromatic N) is 1. The smallest absolute Gasteiger partial charge is 0.325 e. The van der Waals surface area contributed by atoms with Crippen LogP contribution in [0.15, 0.2) is 57.3 Å². The highest BCUT2D eigenvalue weighted by Crippen LogP contribution is 2.35. The van der Waals surface area contributed by atoms with E-state index in [4.69, 9.17) is 49.0 Å². The Hall–Kier alpha value is -1.77. The van der Waals surface area contributed by atoms with Gasteiger partial charge in [-0.1, -0.05) is 93.7 Å². The fraction of sp³-hybridized carbons (Fsp3) is 0.611. The van der Waals surface area contributed by atoms with E-state index < -0.39 is 105 Å². The number of hydrazine groups is 1. The molecule has 7 atom stereocenters. The van der Waals surface area contributed by atoms with Gasteiger partial charge in [0.25, 0.3) is 5.91 Å². The van der Waals surface area contributed by atoms with Crippen LogP contribution in [-0.4, -0.2) is 115 Å². The first-order valence-corrected chi connectivity index (χ1v) is 20.8. The first-order valence-electron chi connectivity index (χ1n) is 17.5. The molecule has 18 heteroatoms. The lowest BCUT2D eigenvalue weighted by atomic mass is 9.89. The highest BCUT2D eigenvalue weighted by Gasteiger charge is 2.37. The normalized spacial score (nSPS) is 22.4. The molecule has 2 amide bonds. The van der Waals surface area contributed by atoms with Crippen molar-refractivity contribution in [2.24, 2.45) is 11.3 Å². The van der Waals surface area contributed by atoms with Crippen molar-refractivity contribution in [2.45, 2.75) is 101 Å². The van der Waals surface area contributed by atoms with Crippen molar-refractivity contribution in [3.63, 3.8) is 0 Å². The minimum absolute atomic E-state index is 0.192. The van der Waals surface area contributed by atoms with E-state index in [1.807, 2.05) is 25.2 Å². The van der Waals surface area contributed by atoms with Crippen molar-refractivity contribution < 1.29 is 48.3 Å². The van der Waals surface area contributed by atoms with Crippen molar-refractivity contribution in [2.75, 3.05) is 26.6 Å². The predicted molar refractivity (Wildman–Crippen MR) is 214 cm³/mol. The number of amides is 2. The molecular weight excluding hydrogens is 885 g/mol. The third-order valence-corrected chi connectivity index (χ3v) is 12.2. The summed E-state index contributed by atoms with van der Waals surface area (Å²) in [6.45, 7) is 8.46. The van der Waals surface area contributed by atoms with E-state index in [9.17, 15) is 34.1 Å². The fourth-order valence-corrected chi connectivity index (χ4v) is 8.51. The number of alkyl halides is 4. The molecule has 5 unspecified atom stereocenters. The van der Waals surface area contributed by atoms with Gasteiger partial charge >= 0.3 is 5.97 Å². The Labute approximate surface area is 340 Å². The fourth-order valence-electron chi connectivity index (χ4n) is 5.55. The van der Waals surface area contributed by atoms with Gasteiger partial charge in [-0.2, -0.15) is 0 Å². The summed E-state index contributed by atoms with van der Waals surface area (Å²) in [6, 6.07) is -3.11. The summed E-state index contributed by atoms with van der Waals surface area (Å²) in [5, 5.41) is 38.5. The van der Waals surface area contributed by atoms with Gasteiger partial charge in [-0.05, 0) is 75.8 Å². The van der Waals surface area contributed by atoms with E-state index in [1.165, 1.54) is 0 Å². The van der Waals surface area contributed by atoms with Crippen LogP contribution in [-0.2, 0) is 28.6 Å². The number of hydrogen-bond donors (Lipinski definition) is 6. The van der Waals surface area contributed by atoms with E-state index in [-0.39, 0.29) is 18.6 Å². The number of halogens is 5. The van der Waals surface area contributed by atoms with Crippen molar-refractivity contribution in [3.05, 3.63) is 57.3 Å². The third kappa shape index (κ3) is 14.6. The van der Waals surface area contributed by atoms with Crippen LogP contribution in [0.1, 0.15) is 54.4 Å². The Kier molecular flexibility index (Phi) is 18.2. The lowest BCUT2D eigenvalue weighted by molar-refractivity contribution is -0.153. The number of carbonyl (C=O) groups excluding carboxylic acids is 3. The van der Waals surface area contributed by atoms with Crippen molar-refractivity contribution in [1.29, 1.82) is 0 Å². The summed E-state index contributed by atoms with van der Waals surface area (Å²) < 4.78 is 28.9. The molecule has 6 N–H and O–H groups in total. The van der Waals surface area contributed by atoms with Gasteiger partial charge in [0.2, 0.25) is 9.70 Å². The Balaban J connectivity index is 1.72. The predicted octanol–water partition coefficient (Wildman–Crippen LogP) is 3.91. The number of esters is 1. The molecule has 0 saturated carbocycles. The Morgan fingerprint density at radius 1 is 1.15 bits per heavy atom.